The third-order valence-corrected chi connectivity index (χ3v) is 3.33. The minimum atomic E-state index is 0.338. The summed E-state index contributed by atoms with van der Waals surface area (Å²) >= 11 is 0. The van der Waals surface area contributed by atoms with Crippen LogP contribution in [0.4, 0.5) is 0 Å². The minimum Gasteiger partial charge on any atom is -0.339 e. The molecule has 0 saturated heterocycles. The molecular weight excluding hydrogens is 266 g/mol. The molecule has 21 heavy (non-hydrogen) atoms. The zero-order chi connectivity index (χ0) is 15.2. The third kappa shape index (κ3) is 4.32. The van der Waals surface area contributed by atoms with Crippen LogP contribution in [0.15, 0.2) is 16.8 Å². The number of nitrogens with zero attached hydrogens (tertiary/aromatic N) is 4. The van der Waals surface area contributed by atoms with Crippen molar-refractivity contribution in [3.63, 3.8) is 0 Å². The summed E-state index contributed by atoms with van der Waals surface area (Å²) in [7, 11) is 0. The molecule has 0 saturated carbocycles. The van der Waals surface area contributed by atoms with Gasteiger partial charge in [-0.2, -0.15) is 4.98 Å². The molecule has 6 nitrogen and oxygen atoms in total. The van der Waals surface area contributed by atoms with E-state index in [-0.39, 0.29) is 0 Å². The van der Waals surface area contributed by atoms with Gasteiger partial charge in [0.05, 0.1) is 0 Å². The molecule has 0 bridgehead atoms. The Bertz CT molecular complexity index is 567. The van der Waals surface area contributed by atoms with Crippen LogP contribution in [-0.4, -0.2) is 32.7 Å². The summed E-state index contributed by atoms with van der Waals surface area (Å²) in [6.07, 6.45) is 3.54. The maximum atomic E-state index is 5.36. The van der Waals surface area contributed by atoms with Crippen LogP contribution < -0.4 is 5.32 Å². The van der Waals surface area contributed by atoms with Crippen molar-refractivity contribution < 1.29 is 4.52 Å². The first-order valence-electron chi connectivity index (χ1n) is 7.46. The largest absolute Gasteiger partial charge is 0.339 e. The minimum absolute atomic E-state index is 0.338. The number of hydrogen-bond acceptors (Lipinski definition) is 6. The summed E-state index contributed by atoms with van der Waals surface area (Å²) in [6, 6.07) is 2.13. The lowest BCUT2D eigenvalue weighted by Gasteiger charge is -2.20. The van der Waals surface area contributed by atoms with E-state index >= 15 is 0 Å². The highest BCUT2D eigenvalue weighted by molar-refractivity contribution is 5.46. The van der Waals surface area contributed by atoms with Crippen molar-refractivity contribution in [3.8, 4) is 11.5 Å². The van der Waals surface area contributed by atoms with Crippen LogP contribution in [0.1, 0.15) is 38.9 Å². The van der Waals surface area contributed by atoms with E-state index in [1.54, 1.807) is 12.3 Å². The molecule has 2 aromatic rings. The molecule has 2 rings (SSSR count). The first-order chi connectivity index (χ1) is 10.1. The molecule has 1 N–H and O–H groups in total. The molecule has 114 valence electrons. The Morgan fingerprint density at radius 2 is 2.10 bits per heavy atom. The number of rotatable bonds is 7. The molecule has 0 aliphatic rings. The first kappa shape index (κ1) is 15.6. The van der Waals surface area contributed by atoms with Crippen molar-refractivity contribution in [2.24, 2.45) is 5.92 Å². The molecule has 2 aromatic heterocycles. The van der Waals surface area contributed by atoms with E-state index in [0.717, 1.165) is 19.4 Å². The van der Waals surface area contributed by atoms with E-state index in [1.165, 1.54) is 0 Å². The lowest BCUT2D eigenvalue weighted by molar-refractivity contribution is 0.326. The van der Waals surface area contributed by atoms with Gasteiger partial charge in [-0.3, -0.25) is 0 Å². The van der Waals surface area contributed by atoms with Crippen LogP contribution >= 0.6 is 0 Å². The molecular formula is C15H23N5O. The Hall–Kier alpha value is -1.82. The molecule has 0 amide bonds. The van der Waals surface area contributed by atoms with Crippen LogP contribution in [0.2, 0.25) is 0 Å². The Balaban J connectivity index is 2.08. The summed E-state index contributed by atoms with van der Waals surface area (Å²) in [4.78, 5) is 12.8. The van der Waals surface area contributed by atoms with Crippen molar-refractivity contribution in [1.82, 2.24) is 25.4 Å². The van der Waals surface area contributed by atoms with E-state index in [4.69, 9.17) is 4.52 Å². The van der Waals surface area contributed by atoms with Gasteiger partial charge >= 0.3 is 0 Å². The van der Waals surface area contributed by atoms with Crippen LogP contribution in [0.3, 0.4) is 0 Å². The van der Waals surface area contributed by atoms with Crippen molar-refractivity contribution in [2.75, 3.05) is 6.54 Å². The lowest BCUT2D eigenvalue weighted by atomic mass is 10.0. The van der Waals surface area contributed by atoms with E-state index in [9.17, 15) is 0 Å². The number of hydrogen-bond donors (Lipinski definition) is 1. The second-order valence-corrected chi connectivity index (χ2v) is 5.51. The van der Waals surface area contributed by atoms with Gasteiger partial charge in [-0.1, -0.05) is 25.9 Å². The zero-order valence-electron chi connectivity index (χ0n) is 13.1. The molecule has 1 unspecified atom stereocenters. The lowest BCUT2D eigenvalue weighted by Crippen LogP contribution is -2.36. The van der Waals surface area contributed by atoms with Gasteiger partial charge in [-0.25, -0.2) is 9.97 Å². The Labute approximate surface area is 125 Å². The summed E-state index contributed by atoms with van der Waals surface area (Å²) < 4.78 is 5.36. The standard InChI is InChI=1S/C15H23N5O/c1-5-7-17-13(10(2)3)9-14-19-15(20-21-14)12-6-8-16-11(4)18-12/h6,8,10,13,17H,5,7,9H2,1-4H3. The summed E-state index contributed by atoms with van der Waals surface area (Å²) in [6.45, 7) is 9.38. The van der Waals surface area contributed by atoms with E-state index in [2.05, 4.69) is 46.2 Å². The fourth-order valence-electron chi connectivity index (χ4n) is 2.08. The van der Waals surface area contributed by atoms with Crippen molar-refractivity contribution in [2.45, 2.75) is 46.6 Å². The van der Waals surface area contributed by atoms with Crippen LogP contribution in [0.5, 0.6) is 0 Å². The van der Waals surface area contributed by atoms with Crippen molar-refractivity contribution in [1.29, 1.82) is 0 Å². The molecule has 0 fully saturated rings. The Morgan fingerprint density at radius 1 is 1.29 bits per heavy atom. The van der Waals surface area contributed by atoms with Gasteiger partial charge in [0.2, 0.25) is 11.7 Å². The zero-order valence-corrected chi connectivity index (χ0v) is 13.1. The predicted molar refractivity (Wildman–Crippen MR) is 80.7 cm³/mol. The van der Waals surface area contributed by atoms with Crippen LogP contribution in [0.25, 0.3) is 11.5 Å². The number of aryl methyl sites for hydroxylation is 1. The highest BCUT2D eigenvalue weighted by Gasteiger charge is 2.18. The third-order valence-electron chi connectivity index (χ3n) is 3.33. The normalized spacial score (nSPS) is 12.8. The smallest absolute Gasteiger partial charge is 0.228 e. The van der Waals surface area contributed by atoms with Gasteiger partial charge < -0.3 is 9.84 Å². The quantitative estimate of drug-likeness (QED) is 0.843. The molecule has 0 aliphatic heterocycles. The highest BCUT2D eigenvalue weighted by atomic mass is 16.5. The van der Waals surface area contributed by atoms with E-state index in [0.29, 0.717) is 35.2 Å². The maximum absolute atomic E-state index is 5.36. The van der Waals surface area contributed by atoms with Gasteiger partial charge in [0.15, 0.2) is 0 Å². The average molecular weight is 289 g/mol. The van der Waals surface area contributed by atoms with Crippen molar-refractivity contribution in [3.05, 3.63) is 24.0 Å². The van der Waals surface area contributed by atoms with Crippen LogP contribution in [0, 0.1) is 12.8 Å². The molecule has 6 heteroatoms. The average Bonchev–Trinajstić information content (AvgIpc) is 2.91. The Morgan fingerprint density at radius 3 is 2.76 bits per heavy atom. The fraction of sp³-hybridized carbons (Fsp3) is 0.600. The summed E-state index contributed by atoms with van der Waals surface area (Å²) in [5, 5.41) is 7.54. The molecule has 0 aromatic carbocycles. The molecule has 1 atom stereocenters. The van der Waals surface area contributed by atoms with Gasteiger partial charge in [0.1, 0.15) is 11.5 Å². The molecule has 0 spiro atoms. The highest BCUT2D eigenvalue weighted by Crippen LogP contribution is 2.15. The van der Waals surface area contributed by atoms with E-state index < -0.39 is 0 Å². The maximum Gasteiger partial charge on any atom is 0.228 e. The molecule has 0 radical (unpaired) electrons. The van der Waals surface area contributed by atoms with Gasteiger partial charge in [-0.15, -0.1) is 0 Å². The molecule has 0 aliphatic carbocycles. The monoisotopic (exact) mass is 289 g/mol. The molecule has 2 heterocycles. The van der Waals surface area contributed by atoms with Gasteiger partial charge in [0, 0.05) is 18.7 Å². The topological polar surface area (TPSA) is 76.7 Å². The SMILES string of the molecule is CCCNC(Cc1nc(-c2ccnc(C)n2)no1)C(C)C. The van der Waals surface area contributed by atoms with E-state index in [1.807, 2.05) is 6.92 Å². The summed E-state index contributed by atoms with van der Waals surface area (Å²) in [5.74, 6) is 2.37. The summed E-state index contributed by atoms with van der Waals surface area (Å²) in [5.41, 5.74) is 0.695. The predicted octanol–water partition coefficient (Wildman–Crippen LogP) is 2.40. The van der Waals surface area contributed by atoms with Crippen LogP contribution in [-0.2, 0) is 6.42 Å². The second kappa shape index (κ2) is 7.26. The van der Waals surface area contributed by atoms with Gasteiger partial charge in [0.25, 0.3) is 0 Å². The number of nitrogens with one attached hydrogen (secondary N) is 1. The van der Waals surface area contributed by atoms with Gasteiger partial charge in [-0.05, 0) is 31.9 Å². The first-order valence-corrected chi connectivity index (χ1v) is 7.46. The second-order valence-electron chi connectivity index (χ2n) is 5.51. The van der Waals surface area contributed by atoms with Crippen molar-refractivity contribution >= 4 is 0 Å². The number of aromatic nitrogens is 4. The Kier molecular flexibility index (Phi) is 5.38. The fourth-order valence-corrected chi connectivity index (χ4v) is 2.08.